The number of nitrogens with zero attached hydrogens (tertiary/aromatic N) is 3. The standard InChI is InChI=1S/C29H47N3O4S/c1-21-16-28(36-5)17-22(2)29(21)37(34,35)31(4)14-11-27(33)19-23-6-7-25-20-32(15-8-24(25)18-23)26-9-12-30(3)13-10-26/h16-17,23-26H,6-15,18-20H2,1-5H3. The fourth-order valence-corrected chi connectivity index (χ4v) is 8.61. The van der Waals surface area contributed by atoms with Gasteiger partial charge in [0.2, 0.25) is 10.0 Å². The molecule has 3 fully saturated rings. The van der Waals surface area contributed by atoms with Gasteiger partial charge in [-0.05, 0) is 120 Å². The number of benzene rings is 1. The molecule has 2 heterocycles. The van der Waals surface area contributed by atoms with Crippen molar-refractivity contribution in [2.45, 2.75) is 76.2 Å². The zero-order chi connectivity index (χ0) is 26.7. The third kappa shape index (κ3) is 6.75. The van der Waals surface area contributed by atoms with Crippen LogP contribution in [0.3, 0.4) is 0 Å². The van der Waals surface area contributed by atoms with Crippen LogP contribution < -0.4 is 4.74 Å². The largest absolute Gasteiger partial charge is 0.497 e. The number of carbonyl (C=O) groups is 1. The first-order chi connectivity index (χ1) is 17.6. The summed E-state index contributed by atoms with van der Waals surface area (Å²) < 4.78 is 33.1. The fourth-order valence-electron chi connectivity index (χ4n) is 7.04. The number of fused-ring (bicyclic) bond motifs is 1. The lowest BCUT2D eigenvalue weighted by Gasteiger charge is -2.47. The van der Waals surface area contributed by atoms with Gasteiger partial charge in [-0.3, -0.25) is 9.69 Å². The van der Waals surface area contributed by atoms with Gasteiger partial charge >= 0.3 is 0 Å². The van der Waals surface area contributed by atoms with E-state index >= 15 is 0 Å². The molecule has 2 aliphatic heterocycles. The van der Waals surface area contributed by atoms with E-state index in [0.717, 1.165) is 30.7 Å². The number of hydrogen-bond acceptors (Lipinski definition) is 6. The Labute approximate surface area is 224 Å². The molecular weight excluding hydrogens is 486 g/mol. The van der Waals surface area contributed by atoms with E-state index in [0.29, 0.717) is 34.1 Å². The molecule has 4 rings (SSSR count). The zero-order valence-electron chi connectivity index (χ0n) is 23.5. The molecule has 3 aliphatic rings. The highest BCUT2D eigenvalue weighted by Gasteiger charge is 2.37. The second-order valence-electron chi connectivity index (χ2n) is 11.9. The van der Waals surface area contributed by atoms with Gasteiger partial charge in [-0.2, -0.15) is 0 Å². The van der Waals surface area contributed by atoms with Crippen LogP contribution in [0.2, 0.25) is 0 Å². The number of ether oxygens (including phenoxy) is 1. The maximum Gasteiger partial charge on any atom is 0.243 e. The van der Waals surface area contributed by atoms with Gasteiger partial charge < -0.3 is 9.64 Å². The van der Waals surface area contributed by atoms with E-state index in [1.165, 1.54) is 56.2 Å². The Morgan fingerprint density at radius 2 is 1.70 bits per heavy atom. The van der Waals surface area contributed by atoms with Crippen LogP contribution in [0.15, 0.2) is 17.0 Å². The second kappa shape index (κ2) is 12.1. The molecule has 3 unspecified atom stereocenters. The molecule has 0 amide bonds. The fraction of sp³-hybridized carbons (Fsp3) is 0.759. The van der Waals surface area contributed by atoms with Crippen LogP contribution in [0.25, 0.3) is 0 Å². The highest BCUT2D eigenvalue weighted by atomic mass is 32.2. The lowest BCUT2D eigenvalue weighted by atomic mass is 9.69. The van der Waals surface area contributed by atoms with Crippen LogP contribution in [0.1, 0.15) is 62.5 Å². The monoisotopic (exact) mass is 533 g/mol. The molecule has 0 aromatic heterocycles. The second-order valence-corrected chi connectivity index (χ2v) is 13.9. The highest BCUT2D eigenvalue weighted by molar-refractivity contribution is 7.89. The maximum atomic E-state index is 13.3. The van der Waals surface area contributed by atoms with Crippen LogP contribution >= 0.6 is 0 Å². The van der Waals surface area contributed by atoms with E-state index in [1.807, 2.05) is 0 Å². The van der Waals surface area contributed by atoms with Gasteiger partial charge in [-0.1, -0.05) is 0 Å². The van der Waals surface area contributed by atoms with Gasteiger partial charge in [0.1, 0.15) is 11.5 Å². The predicted octanol–water partition coefficient (Wildman–Crippen LogP) is 4.11. The molecule has 8 heteroatoms. The molecule has 0 N–H and O–H groups in total. The number of aryl methyl sites for hydroxylation is 2. The molecule has 37 heavy (non-hydrogen) atoms. The van der Waals surface area contributed by atoms with E-state index in [2.05, 4.69) is 16.8 Å². The average Bonchev–Trinajstić information content (AvgIpc) is 2.86. The van der Waals surface area contributed by atoms with Gasteiger partial charge in [0.05, 0.1) is 12.0 Å². The third-order valence-corrected chi connectivity index (χ3v) is 11.4. The minimum atomic E-state index is -3.67. The van der Waals surface area contributed by atoms with Crippen LogP contribution in [0, 0.1) is 31.6 Å². The topological polar surface area (TPSA) is 70.2 Å². The number of rotatable bonds is 9. The first-order valence-electron chi connectivity index (χ1n) is 14.1. The van der Waals surface area contributed by atoms with Gasteiger partial charge in [-0.15, -0.1) is 0 Å². The van der Waals surface area contributed by atoms with Crippen LogP contribution in [0.4, 0.5) is 0 Å². The molecule has 3 atom stereocenters. The molecule has 1 saturated carbocycles. The highest BCUT2D eigenvalue weighted by Crippen LogP contribution is 2.41. The van der Waals surface area contributed by atoms with Crippen LogP contribution in [-0.2, 0) is 14.8 Å². The van der Waals surface area contributed by atoms with E-state index in [4.69, 9.17) is 4.74 Å². The lowest BCUT2D eigenvalue weighted by Crippen LogP contribution is -2.50. The van der Waals surface area contributed by atoms with Crippen molar-refractivity contribution in [3.63, 3.8) is 0 Å². The summed E-state index contributed by atoms with van der Waals surface area (Å²) >= 11 is 0. The van der Waals surface area contributed by atoms with Crippen molar-refractivity contribution in [2.75, 3.05) is 53.9 Å². The normalized spacial score (nSPS) is 26.3. The summed E-state index contributed by atoms with van der Waals surface area (Å²) in [7, 11) is 1.71. The summed E-state index contributed by atoms with van der Waals surface area (Å²) in [6.07, 6.45) is 8.26. The molecule has 1 aliphatic carbocycles. The van der Waals surface area contributed by atoms with Crippen molar-refractivity contribution >= 4 is 15.8 Å². The number of Topliss-reactive ketones (excluding diaryl/α,β-unsaturated/α-hetero) is 1. The maximum absolute atomic E-state index is 13.3. The van der Waals surface area contributed by atoms with Crippen molar-refractivity contribution in [1.29, 1.82) is 0 Å². The summed E-state index contributed by atoms with van der Waals surface area (Å²) in [4.78, 5) is 18.4. The Morgan fingerprint density at radius 1 is 1.03 bits per heavy atom. The SMILES string of the molecule is COc1cc(C)c(S(=O)(=O)N(C)CCC(=O)CC2CCC3CN(C4CCN(C)CC4)CCC3C2)c(C)c1. The first kappa shape index (κ1) is 28.5. The van der Waals surface area contributed by atoms with Gasteiger partial charge in [-0.25, -0.2) is 12.7 Å². The average molecular weight is 534 g/mol. The number of sulfonamides is 1. The first-order valence-corrected chi connectivity index (χ1v) is 15.6. The van der Waals surface area contributed by atoms with E-state index in [9.17, 15) is 13.2 Å². The van der Waals surface area contributed by atoms with Crippen LogP contribution in [0.5, 0.6) is 5.75 Å². The molecule has 1 aromatic rings. The summed E-state index contributed by atoms with van der Waals surface area (Å²) in [5.41, 5.74) is 1.32. The number of likely N-dealkylation sites (tertiary alicyclic amines) is 2. The quantitative estimate of drug-likeness (QED) is 0.476. The predicted molar refractivity (Wildman–Crippen MR) is 148 cm³/mol. The molecule has 2 saturated heterocycles. The third-order valence-electron chi connectivity index (χ3n) is 9.27. The minimum absolute atomic E-state index is 0.192. The molecular formula is C29H47N3O4S. The zero-order valence-corrected chi connectivity index (χ0v) is 24.4. The van der Waals surface area contributed by atoms with E-state index in [-0.39, 0.29) is 18.7 Å². The van der Waals surface area contributed by atoms with Crippen molar-refractivity contribution in [3.8, 4) is 5.75 Å². The van der Waals surface area contributed by atoms with Crippen LogP contribution in [-0.4, -0.2) is 88.3 Å². The molecule has 0 bridgehead atoms. The number of hydrogen-bond donors (Lipinski definition) is 0. The van der Waals surface area contributed by atoms with Crippen molar-refractivity contribution < 1.29 is 17.9 Å². The van der Waals surface area contributed by atoms with Gasteiger partial charge in [0, 0.05) is 39.0 Å². The number of piperidine rings is 2. The summed E-state index contributed by atoms with van der Waals surface area (Å²) in [5, 5.41) is 0. The molecule has 0 radical (unpaired) electrons. The summed E-state index contributed by atoms with van der Waals surface area (Å²) in [6, 6.07) is 4.25. The molecule has 1 aromatic carbocycles. The number of carbonyl (C=O) groups excluding carboxylic acids is 1. The smallest absolute Gasteiger partial charge is 0.243 e. The van der Waals surface area contributed by atoms with Gasteiger partial charge in [0.25, 0.3) is 0 Å². The Kier molecular flexibility index (Phi) is 9.36. The Morgan fingerprint density at radius 3 is 2.35 bits per heavy atom. The number of ketones is 1. The Hall–Kier alpha value is -1.48. The molecule has 0 spiro atoms. The lowest BCUT2D eigenvalue weighted by molar-refractivity contribution is -0.120. The summed E-state index contributed by atoms with van der Waals surface area (Å²) in [6.45, 7) is 8.68. The van der Waals surface area contributed by atoms with E-state index < -0.39 is 10.0 Å². The van der Waals surface area contributed by atoms with Crippen molar-refractivity contribution in [2.24, 2.45) is 17.8 Å². The minimum Gasteiger partial charge on any atom is -0.497 e. The van der Waals surface area contributed by atoms with E-state index in [1.54, 1.807) is 40.1 Å². The summed E-state index contributed by atoms with van der Waals surface area (Å²) in [5.74, 6) is 2.83. The Bertz CT molecular complexity index is 1030. The number of methoxy groups -OCH3 is 1. The molecule has 208 valence electrons. The van der Waals surface area contributed by atoms with Crippen molar-refractivity contribution in [3.05, 3.63) is 23.3 Å². The molecule has 7 nitrogen and oxygen atoms in total. The van der Waals surface area contributed by atoms with Crippen molar-refractivity contribution in [1.82, 2.24) is 14.1 Å². The van der Waals surface area contributed by atoms with Gasteiger partial charge in [0.15, 0.2) is 0 Å². The Balaban J connectivity index is 1.24.